The molecular weight excluding hydrogens is 373 g/mol. The van der Waals surface area contributed by atoms with E-state index in [9.17, 15) is 18.0 Å². The predicted octanol–water partition coefficient (Wildman–Crippen LogP) is 4.56. The Morgan fingerprint density at radius 2 is 1.71 bits per heavy atom. The molecule has 5 nitrogen and oxygen atoms in total. The Balaban J connectivity index is 2.10. The summed E-state index contributed by atoms with van der Waals surface area (Å²) in [6.45, 7) is 6.96. The van der Waals surface area contributed by atoms with Gasteiger partial charge in [0.05, 0.1) is 17.9 Å². The van der Waals surface area contributed by atoms with Crippen molar-refractivity contribution in [2.75, 3.05) is 18.7 Å². The van der Waals surface area contributed by atoms with Crippen molar-refractivity contribution in [1.29, 1.82) is 0 Å². The standard InChI is InChI=1S/C20H23F3N2O3/c1-12-13(2)24-14(3)18(19(12)28-15(4)26)25(5)27-11-10-16-6-8-17(9-7-16)20(21,22)23/h6-9H,10-11H2,1-5H3. The summed E-state index contributed by atoms with van der Waals surface area (Å²) in [5, 5.41) is 1.47. The number of esters is 1. The van der Waals surface area contributed by atoms with Gasteiger partial charge >= 0.3 is 12.1 Å². The quantitative estimate of drug-likeness (QED) is 0.529. The molecule has 152 valence electrons. The lowest BCUT2D eigenvalue weighted by Crippen LogP contribution is -2.23. The van der Waals surface area contributed by atoms with E-state index in [-0.39, 0.29) is 6.61 Å². The summed E-state index contributed by atoms with van der Waals surface area (Å²) in [6, 6.07) is 4.96. The second kappa shape index (κ2) is 8.60. The third-order valence-electron chi connectivity index (χ3n) is 4.29. The number of carbonyl (C=O) groups is 1. The van der Waals surface area contributed by atoms with Gasteiger partial charge in [0.15, 0.2) is 5.75 Å². The topological polar surface area (TPSA) is 51.7 Å². The van der Waals surface area contributed by atoms with Crippen molar-refractivity contribution in [3.8, 4) is 5.75 Å². The van der Waals surface area contributed by atoms with Gasteiger partial charge in [-0.2, -0.15) is 13.2 Å². The largest absolute Gasteiger partial charge is 0.424 e. The fourth-order valence-corrected chi connectivity index (χ4v) is 2.76. The van der Waals surface area contributed by atoms with Crippen LogP contribution in [-0.4, -0.2) is 24.6 Å². The summed E-state index contributed by atoms with van der Waals surface area (Å²) < 4.78 is 43.2. The molecule has 0 saturated heterocycles. The number of ether oxygens (including phenoxy) is 1. The summed E-state index contributed by atoms with van der Waals surface area (Å²) in [4.78, 5) is 21.6. The Morgan fingerprint density at radius 3 is 2.25 bits per heavy atom. The van der Waals surface area contributed by atoms with Gasteiger partial charge < -0.3 is 4.74 Å². The molecule has 8 heteroatoms. The molecule has 0 atom stereocenters. The first-order chi connectivity index (χ1) is 13.0. The fourth-order valence-electron chi connectivity index (χ4n) is 2.76. The summed E-state index contributed by atoms with van der Waals surface area (Å²) in [5.41, 5.74) is 2.68. The molecule has 0 bridgehead atoms. The molecule has 0 N–H and O–H groups in total. The molecule has 28 heavy (non-hydrogen) atoms. The van der Waals surface area contributed by atoms with Crippen molar-refractivity contribution < 1.29 is 27.5 Å². The van der Waals surface area contributed by atoms with E-state index in [0.29, 0.717) is 23.6 Å². The highest BCUT2D eigenvalue weighted by atomic mass is 19.4. The minimum atomic E-state index is -4.35. The number of alkyl halides is 3. The van der Waals surface area contributed by atoms with Crippen molar-refractivity contribution in [3.63, 3.8) is 0 Å². The Kier molecular flexibility index (Phi) is 6.66. The lowest BCUT2D eigenvalue weighted by Gasteiger charge is -2.24. The number of hydroxylamine groups is 1. The molecule has 0 aliphatic rings. The Hall–Kier alpha value is -2.61. The van der Waals surface area contributed by atoms with Crippen LogP contribution in [0.1, 0.15) is 35.0 Å². The Bertz CT molecular complexity index is 849. The van der Waals surface area contributed by atoms with Gasteiger partial charge in [-0.15, -0.1) is 0 Å². The third-order valence-corrected chi connectivity index (χ3v) is 4.29. The molecule has 0 amide bonds. The van der Waals surface area contributed by atoms with Gasteiger partial charge in [-0.1, -0.05) is 12.1 Å². The lowest BCUT2D eigenvalue weighted by atomic mass is 10.1. The van der Waals surface area contributed by atoms with Crippen LogP contribution in [0.4, 0.5) is 18.9 Å². The highest BCUT2D eigenvalue weighted by Gasteiger charge is 2.29. The van der Waals surface area contributed by atoms with Gasteiger partial charge in [-0.05, 0) is 44.9 Å². The molecular formula is C20H23F3N2O3. The van der Waals surface area contributed by atoms with E-state index in [1.807, 2.05) is 6.92 Å². The zero-order valence-electron chi connectivity index (χ0n) is 16.5. The zero-order chi connectivity index (χ0) is 21.1. The van der Waals surface area contributed by atoms with Crippen LogP contribution in [0.25, 0.3) is 0 Å². The van der Waals surface area contributed by atoms with Crippen LogP contribution in [0.2, 0.25) is 0 Å². The van der Waals surface area contributed by atoms with Crippen LogP contribution in [0.15, 0.2) is 24.3 Å². The zero-order valence-corrected chi connectivity index (χ0v) is 16.5. The SMILES string of the molecule is CC(=O)Oc1c(C)c(C)nc(C)c1N(C)OCCc1ccc(C(F)(F)F)cc1. The number of anilines is 1. The first kappa shape index (κ1) is 21.7. The van der Waals surface area contributed by atoms with E-state index < -0.39 is 17.7 Å². The lowest BCUT2D eigenvalue weighted by molar-refractivity contribution is -0.137. The minimum Gasteiger partial charge on any atom is -0.424 e. The second-order valence-electron chi connectivity index (χ2n) is 6.45. The molecule has 0 aliphatic heterocycles. The highest BCUT2D eigenvalue weighted by molar-refractivity contribution is 5.75. The van der Waals surface area contributed by atoms with Crippen LogP contribution in [0.3, 0.4) is 0 Å². The maximum Gasteiger partial charge on any atom is 0.416 e. The molecule has 2 aromatic rings. The van der Waals surface area contributed by atoms with E-state index in [1.54, 1.807) is 20.9 Å². The van der Waals surface area contributed by atoms with Gasteiger partial charge in [0.25, 0.3) is 0 Å². The van der Waals surface area contributed by atoms with Crippen LogP contribution in [0, 0.1) is 20.8 Å². The van der Waals surface area contributed by atoms with E-state index in [1.165, 1.54) is 24.1 Å². The molecule has 0 aliphatic carbocycles. The van der Waals surface area contributed by atoms with Crippen molar-refractivity contribution in [3.05, 3.63) is 52.3 Å². The van der Waals surface area contributed by atoms with Crippen LogP contribution < -0.4 is 9.80 Å². The number of hydrogen-bond acceptors (Lipinski definition) is 5. The summed E-state index contributed by atoms with van der Waals surface area (Å²) >= 11 is 0. The Labute approximate surface area is 162 Å². The number of aromatic nitrogens is 1. The molecule has 0 spiro atoms. The molecule has 0 saturated carbocycles. The first-order valence-corrected chi connectivity index (χ1v) is 8.69. The second-order valence-corrected chi connectivity index (χ2v) is 6.45. The number of hydrogen-bond donors (Lipinski definition) is 0. The van der Waals surface area contributed by atoms with Gasteiger partial charge in [-0.25, -0.2) is 0 Å². The number of aryl methyl sites for hydroxylation is 2. The molecule has 1 heterocycles. The number of pyridine rings is 1. The van der Waals surface area contributed by atoms with Crippen molar-refractivity contribution in [2.24, 2.45) is 0 Å². The van der Waals surface area contributed by atoms with Gasteiger partial charge in [0.1, 0.15) is 5.69 Å². The van der Waals surface area contributed by atoms with Crippen molar-refractivity contribution >= 4 is 11.7 Å². The van der Waals surface area contributed by atoms with E-state index in [2.05, 4.69) is 4.98 Å². The van der Waals surface area contributed by atoms with Gasteiger partial charge in [0.2, 0.25) is 0 Å². The number of halogens is 3. The Morgan fingerprint density at radius 1 is 1.11 bits per heavy atom. The van der Waals surface area contributed by atoms with Crippen molar-refractivity contribution in [1.82, 2.24) is 4.98 Å². The number of nitrogens with zero attached hydrogens (tertiary/aromatic N) is 2. The van der Waals surface area contributed by atoms with E-state index >= 15 is 0 Å². The number of rotatable bonds is 6. The van der Waals surface area contributed by atoms with Crippen LogP contribution in [0.5, 0.6) is 5.75 Å². The molecule has 0 radical (unpaired) electrons. The third kappa shape index (κ3) is 5.22. The van der Waals surface area contributed by atoms with Crippen molar-refractivity contribution in [2.45, 2.75) is 40.3 Å². The summed E-state index contributed by atoms with van der Waals surface area (Å²) in [7, 11) is 1.67. The van der Waals surface area contributed by atoms with E-state index in [0.717, 1.165) is 29.0 Å². The van der Waals surface area contributed by atoms with Gasteiger partial charge in [-0.3, -0.25) is 19.7 Å². The summed E-state index contributed by atoms with van der Waals surface area (Å²) in [5.74, 6) is -0.0676. The monoisotopic (exact) mass is 396 g/mol. The number of carbonyl (C=O) groups excluding carboxylic acids is 1. The predicted molar refractivity (Wildman–Crippen MR) is 99.3 cm³/mol. The smallest absolute Gasteiger partial charge is 0.416 e. The summed E-state index contributed by atoms with van der Waals surface area (Å²) in [6.07, 6.45) is -3.93. The maximum absolute atomic E-state index is 12.6. The molecule has 1 aromatic heterocycles. The average molecular weight is 396 g/mol. The minimum absolute atomic E-state index is 0.230. The van der Waals surface area contributed by atoms with Crippen LogP contribution in [-0.2, 0) is 22.2 Å². The number of benzene rings is 1. The van der Waals surface area contributed by atoms with Gasteiger partial charge in [0, 0.05) is 25.2 Å². The maximum atomic E-state index is 12.6. The normalized spacial score (nSPS) is 11.4. The fraction of sp³-hybridized carbons (Fsp3) is 0.400. The van der Waals surface area contributed by atoms with Crippen LogP contribution >= 0.6 is 0 Å². The molecule has 1 aromatic carbocycles. The molecule has 0 unspecified atom stereocenters. The first-order valence-electron chi connectivity index (χ1n) is 8.69. The average Bonchev–Trinajstić information content (AvgIpc) is 2.58. The highest BCUT2D eigenvalue weighted by Crippen LogP contribution is 2.35. The van der Waals surface area contributed by atoms with E-state index in [4.69, 9.17) is 9.57 Å². The molecule has 2 rings (SSSR count). The molecule has 0 fully saturated rings.